The Kier molecular flexibility index (Phi) is 4.53. The van der Waals surface area contributed by atoms with Gasteiger partial charge in [-0.15, -0.1) is 0 Å². The average molecular weight is 220 g/mol. The first-order valence-electron chi connectivity index (χ1n) is 5.83. The molecule has 1 aromatic rings. The second-order valence-electron chi connectivity index (χ2n) is 4.51. The summed E-state index contributed by atoms with van der Waals surface area (Å²) in [6, 6.07) is 5.86. The fourth-order valence-corrected chi connectivity index (χ4v) is 1.60. The van der Waals surface area contributed by atoms with Gasteiger partial charge in [-0.1, -0.05) is 26.8 Å². The van der Waals surface area contributed by atoms with E-state index in [1.165, 1.54) is 11.1 Å². The maximum Gasteiger partial charge on any atom is 0.310 e. The van der Waals surface area contributed by atoms with E-state index < -0.39 is 0 Å². The first-order valence-corrected chi connectivity index (χ1v) is 5.83. The van der Waals surface area contributed by atoms with Crippen molar-refractivity contribution in [3.05, 3.63) is 29.3 Å². The molecule has 0 atom stereocenters. The van der Waals surface area contributed by atoms with Crippen molar-refractivity contribution in [2.24, 2.45) is 5.92 Å². The normalized spacial score (nSPS) is 10.6. The predicted octanol–water partition coefficient (Wildman–Crippen LogP) is 3.51. The van der Waals surface area contributed by atoms with E-state index in [0.717, 1.165) is 6.42 Å². The highest BCUT2D eigenvalue weighted by molar-refractivity contribution is 5.72. The molecule has 0 aromatic heterocycles. The summed E-state index contributed by atoms with van der Waals surface area (Å²) in [5.74, 6) is 1.11. The third kappa shape index (κ3) is 3.69. The SMILES string of the molecule is CCC(=O)Oc1ccc(CC(C)C)c(C)c1. The second-order valence-corrected chi connectivity index (χ2v) is 4.51. The Morgan fingerprint density at radius 3 is 2.56 bits per heavy atom. The molecule has 0 heterocycles. The number of carbonyl (C=O) groups excluding carboxylic acids is 1. The van der Waals surface area contributed by atoms with Gasteiger partial charge in [0.1, 0.15) is 5.75 Å². The molecule has 0 saturated carbocycles. The molecule has 0 amide bonds. The Hall–Kier alpha value is -1.31. The molecule has 0 unspecified atom stereocenters. The summed E-state index contributed by atoms with van der Waals surface area (Å²) >= 11 is 0. The molecule has 0 radical (unpaired) electrons. The Morgan fingerprint density at radius 1 is 1.38 bits per heavy atom. The zero-order chi connectivity index (χ0) is 12.1. The van der Waals surface area contributed by atoms with Crippen LogP contribution >= 0.6 is 0 Å². The van der Waals surface area contributed by atoms with Crippen LogP contribution in [0.4, 0.5) is 0 Å². The minimum Gasteiger partial charge on any atom is -0.427 e. The fraction of sp³-hybridized carbons (Fsp3) is 0.500. The van der Waals surface area contributed by atoms with Gasteiger partial charge in [0.15, 0.2) is 0 Å². The lowest BCUT2D eigenvalue weighted by molar-refractivity contribution is -0.134. The van der Waals surface area contributed by atoms with Crippen molar-refractivity contribution in [2.45, 2.75) is 40.5 Å². The Labute approximate surface area is 97.6 Å². The topological polar surface area (TPSA) is 26.3 Å². The highest BCUT2D eigenvalue weighted by Crippen LogP contribution is 2.20. The minimum absolute atomic E-state index is 0.184. The van der Waals surface area contributed by atoms with E-state index >= 15 is 0 Å². The molecule has 0 aliphatic rings. The van der Waals surface area contributed by atoms with Gasteiger partial charge in [0.25, 0.3) is 0 Å². The van der Waals surface area contributed by atoms with E-state index in [1.54, 1.807) is 6.92 Å². The molecule has 0 bridgehead atoms. The van der Waals surface area contributed by atoms with Crippen molar-refractivity contribution in [1.82, 2.24) is 0 Å². The lowest BCUT2D eigenvalue weighted by Crippen LogP contribution is -2.06. The van der Waals surface area contributed by atoms with Crippen molar-refractivity contribution in [3.63, 3.8) is 0 Å². The molecule has 88 valence electrons. The van der Waals surface area contributed by atoms with Crippen LogP contribution in [0.15, 0.2) is 18.2 Å². The summed E-state index contributed by atoms with van der Waals surface area (Å²) in [7, 11) is 0. The zero-order valence-electron chi connectivity index (χ0n) is 10.5. The van der Waals surface area contributed by atoms with Crippen LogP contribution in [0.3, 0.4) is 0 Å². The van der Waals surface area contributed by atoms with Crippen LogP contribution in [0.25, 0.3) is 0 Å². The highest BCUT2D eigenvalue weighted by atomic mass is 16.5. The summed E-state index contributed by atoms with van der Waals surface area (Å²) in [5, 5.41) is 0. The molecular formula is C14H20O2. The summed E-state index contributed by atoms with van der Waals surface area (Å²) in [5.41, 5.74) is 2.52. The van der Waals surface area contributed by atoms with Crippen molar-refractivity contribution < 1.29 is 9.53 Å². The van der Waals surface area contributed by atoms with Crippen LogP contribution in [0, 0.1) is 12.8 Å². The van der Waals surface area contributed by atoms with E-state index in [0.29, 0.717) is 18.1 Å². The molecule has 0 N–H and O–H groups in total. The summed E-state index contributed by atoms with van der Waals surface area (Å²) in [6.45, 7) is 8.25. The molecular weight excluding hydrogens is 200 g/mol. The Morgan fingerprint density at radius 2 is 2.06 bits per heavy atom. The van der Waals surface area contributed by atoms with E-state index in [2.05, 4.69) is 20.8 Å². The zero-order valence-corrected chi connectivity index (χ0v) is 10.5. The second kappa shape index (κ2) is 5.69. The maximum absolute atomic E-state index is 11.1. The van der Waals surface area contributed by atoms with Gasteiger partial charge in [0.2, 0.25) is 0 Å². The first-order chi connectivity index (χ1) is 7.52. The van der Waals surface area contributed by atoms with Crippen LogP contribution in [0.2, 0.25) is 0 Å². The van der Waals surface area contributed by atoms with E-state index in [9.17, 15) is 4.79 Å². The quantitative estimate of drug-likeness (QED) is 0.573. The van der Waals surface area contributed by atoms with Crippen LogP contribution in [-0.4, -0.2) is 5.97 Å². The van der Waals surface area contributed by atoms with Crippen molar-refractivity contribution in [2.75, 3.05) is 0 Å². The van der Waals surface area contributed by atoms with Crippen LogP contribution in [0.1, 0.15) is 38.3 Å². The summed E-state index contributed by atoms with van der Waals surface area (Å²) in [6.07, 6.45) is 1.47. The monoisotopic (exact) mass is 220 g/mol. The molecule has 0 fully saturated rings. The lowest BCUT2D eigenvalue weighted by atomic mass is 9.99. The van der Waals surface area contributed by atoms with Crippen molar-refractivity contribution >= 4 is 5.97 Å². The number of hydrogen-bond donors (Lipinski definition) is 0. The average Bonchev–Trinajstić information content (AvgIpc) is 2.21. The van der Waals surface area contributed by atoms with Gasteiger partial charge in [-0.2, -0.15) is 0 Å². The smallest absolute Gasteiger partial charge is 0.310 e. The summed E-state index contributed by atoms with van der Waals surface area (Å²) in [4.78, 5) is 11.1. The van der Waals surface area contributed by atoms with E-state index in [-0.39, 0.29) is 5.97 Å². The molecule has 0 saturated heterocycles. The van der Waals surface area contributed by atoms with Crippen LogP contribution in [-0.2, 0) is 11.2 Å². The van der Waals surface area contributed by atoms with Crippen molar-refractivity contribution in [1.29, 1.82) is 0 Å². The molecule has 1 aromatic carbocycles. The van der Waals surface area contributed by atoms with Crippen LogP contribution < -0.4 is 4.74 Å². The Balaban J connectivity index is 2.78. The lowest BCUT2D eigenvalue weighted by Gasteiger charge is -2.10. The predicted molar refractivity (Wildman–Crippen MR) is 65.6 cm³/mol. The van der Waals surface area contributed by atoms with Gasteiger partial charge in [0.05, 0.1) is 0 Å². The maximum atomic E-state index is 11.1. The Bertz CT molecular complexity index is 367. The minimum atomic E-state index is -0.184. The van der Waals surface area contributed by atoms with E-state index in [1.807, 2.05) is 18.2 Å². The number of carbonyl (C=O) groups is 1. The molecule has 0 spiro atoms. The first kappa shape index (κ1) is 12.8. The molecule has 16 heavy (non-hydrogen) atoms. The van der Waals surface area contributed by atoms with E-state index in [4.69, 9.17) is 4.74 Å². The largest absolute Gasteiger partial charge is 0.427 e. The van der Waals surface area contributed by atoms with Gasteiger partial charge in [0, 0.05) is 6.42 Å². The third-order valence-corrected chi connectivity index (χ3v) is 2.46. The van der Waals surface area contributed by atoms with Gasteiger partial charge in [-0.3, -0.25) is 4.79 Å². The highest BCUT2D eigenvalue weighted by Gasteiger charge is 2.05. The van der Waals surface area contributed by atoms with Gasteiger partial charge in [-0.25, -0.2) is 0 Å². The number of hydrogen-bond acceptors (Lipinski definition) is 2. The number of esters is 1. The van der Waals surface area contributed by atoms with Gasteiger partial charge in [-0.05, 0) is 42.5 Å². The number of ether oxygens (including phenoxy) is 1. The van der Waals surface area contributed by atoms with Crippen molar-refractivity contribution in [3.8, 4) is 5.75 Å². The molecule has 2 heteroatoms. The fourth-order valence-electron chi connectivity index (χ4n) is 1.60. The summed E-state index contributed by atoms with van der Waals surface area (Å²) < 4.78 is 5.17. The molecule has 0 aliphatic carbocycles. The molecule has 1 rings (SSSR count). The van der Waals surface area contributed by atoms with Gasteiger partial charge >= 0.3 is 5.97 Å². The standard InChI is InChI=1S/C14H20O2/c1-5-14(15)16-13-7-6-12(8-10(2)3)11(4)9-13/h6-7,9-10H,5,8H2,1-4H3. The van der Waals surface area contributed by atoms with Gasteiger partial charge < -0.3 is 4.74 Å². The third-order valence-electron chi connectivity index (χ3n) is 2.46. The molecule has 2 nitrogen and oxygen atoms in total. The molecule has 0 aliphatic heterocycles. The van der Waals surface area contributed by atoms with Crippen LogP contribution in [0.5, 0.6) is 5.75 Å². The number of rotatable bonds is 4. The number of aryl methyl sites for hydroxylation is 1. The number of benzene rings is 1.